The van der Waals surface area contributed by atoms with E-state index in [4.69, 9.17) is 10.5 Å². The van der Waals surface area contributed by atoms with Gasteiger partial charge in [-0.1, -0.05) is 42.5 Å². The molecule has 0 saturated carbocycles. The SMILES string of the molecule is COc1cccc(CS(=O)(=O)N2C[C@@H](CN)[C@H](c3ccccc3)C2)c1.Cl. The third kappa shape index (κ3) is 4.57. The molecular formula is C19H25ClN2O3S. The standard InChI is InChI=1S/C19H24N2O3S.ClH/c1-24-18-9-5-6-15(10-18)14-25(22,23)21-12-17(11-20)19(13-21)16-7-3-2-4-8-16;/h2-10,17,19H,11-14,20H2,1H3;1H/t17-,19+;/m1./s1. The normalized spacial score (nSPS) is 20.5. The minimum Gasteiger partial charge on any atom is -0.497 e. The summed E-state index contributed by atoms with van der Waals surface area (Å²) in [5.74, 6) is 0.924. The van der Waals surface area contributed by atoms with Crippen molar-refractivity contribution in [1.82, 2.24) is 4.31 Å². The van der Waals surface area contributed by atoms with E-state index in [1.165, 1.54) is 0 Å². The van der Waals surface area contributed by atoms with E-state index in [0.717, 1.165) is 11.1 Å². The van der Waals surface area contributed by atoms with E-state index >= 15 is 0 Å². The molecule has 26 heavy (non-hydrogen) atoms. The molecule has 2 aromatic rings. The lowest BCUT2D eigenvalue weighted by Crippen LogP contribution is -2.31. The van der Waals surface area contributed by atoms with Crippen molar-refractivity contribution in [2.45, 2.75) is 11.7 Å². The van der Waals surface area contributed by atoms with Gasteiger partial charge in [-0.15, -0.1) is 12.4 Å². The van der Waals surface area contributed by atoms with Crippen LogP contribution in [0.5, 0.6) is 5.75 Å². The van der Waals surface area contributed by atoms with E-state index in [-0.39, 0.29) is 30.0 Å². The lowest BCUT2D eigenvalue weighted by molar-refractivity contribution is 0.414. The molecule has 2 aromatic carbocycles. The molecule has 7 heteroatoms. The molecule has 1 fully saturated rings. The van der Waals surface area contributed by atoms with Gasteiger partial charge in [-0.25, -0.2) is 12.7 Å². The van der Waals surface area contributed by atoms with Crippen LogP contribution in [0.4, 0.5) is 0 Å². The van der Waals surface area contributed by atoms with Gasteiger partial charge in [0, 0.05) is 19.0 Å². The van der Waals surface area contributed by atoms with Gasteiger partial charge in [0.15, 0.2) is 0 Å². The molecule has 0 unspecified atom stereocenters. The Morgan fingerprint density at radius 2 is 1.85 bits per heavy atom. The van der Waals surface area contributed by atoms with Crippen LogP contribution in [0.2, 0.25) is 0 Å². The molecule has 5 nitrogen and oxygen atoms in total. The number of rotatable bonds is 6. The summed E-state index contributed by atoms with van der Waals surface area (Å²) in [4.78, 5) is 0. The summed E-state index contributed by atoms with van der Waals surface area (Å²) in [6.07, 6.45) is 0. The minimum atomic E-state index is -3.40. The smallest absolute Gasteiger partial charge is 0.218 e. The van der Waals surface area contributed by atoms with Crippen molar-refractivity contribution in [3.63, 3.8) is 0 Å². The van der Waals surface area contributed by atoms with Gasteiger partial charge in [0.1, 0.15) is 5.75 Å². The first-order valence-electron chi connectivity index (χ1n) is 8.39. The van der Waals surface area contributed by atoms with Crippen LogP contribution in [0.3, 0.4) is 0 Å². The van der Waals surface area contributed by atoms with Gasteiger partial charge in [-0.05, 0) is 35.7 Å². The summed E-state index contributed by atoms with van der Waals surface area (Å²) >= 11 is 0. The number of benzene rings is 2. The Morgan fingerprint density at radius 1 is 1.12 bits per heavy atom. The van der Waals surface area contributed by atoms with E-state index in [0.29, 0.717) is 25.4 Å². The monoisotopic (exact) mass is 396 g/mol. The van der Waals surface area contributed by atoms with Crippen LogP contribution >= 0.6 is 12.4 Å². The zero-order chi connectivity index (χ0) is 17.9. The van der Waals surface area contributed by atoms with E-state index < -0.39 is 10.0 Å². The fourth-order valence-electron chi connectivity index (χ4n) is 3.44. The summed E-state index contributed by atoms with van der Waals surface area (Å²) in [6, 6.07) is 17.2. The highest BCUT2D eigenvalue weighted by Gasteiger charge is 2.38. The second kappa shape index (κ2) is 8.86. The Morgan fingerprint density at radius 3 is 2.50 bits per heavy atom. The second-order valence-electron chi connectivity index (χ2n) is 6.44. The fourth-order valence-corrected chi connectivity index (χ4v) is 5.03. The minimum absolute atomic E-state index is 0. The van der Waals surface area contributed by atoms with Crippen LogP contribution < -0.4 is 10.5 Å². The van der Waals surface area contributed by atoms with Crippen LogP contribution in [-0.2, 0) is 15.8 Å². The third-order valence-corrected chi connectivity index (χ3v) is 6.60. The molecule has 3 rings (SSSR count). The van der Waals surface area contributed by atoms with Gasteiger partial charge in [0.25, 0.3) is 0 Å². The van der Waals surface area contributed by atoms with Crippen molar-refractivity contribution < 1.29 is 13.2 Å². The molecule has 1 aliphatic rings. The summed E-state index contributed by atoms with van der Waals surface area (Å²) in [5, 5.41) is 0. The van der Waals surface area contributed by atoms with Crippen molar-refractivity contribution in [3.05, 3.63) is 65.7 Å². The lowest BCUT2D eigenvalue weighted by Gasteiger charge is -2.17. The van der Waals surface area contributed by atoms with Gasteiger partial charge >= 0.3 is 0 Å². The molecule has 0 aromatic heterocycles. The maximum absolute atomic E-state index is 12.9. The molecule has 0 spiro atoms. The Labute approximate surface area is 161 Å². The quantitative estimate of drug-likeness (QED) is 0.814. The number of ether oxygens (including phenoxy) is 1. The topological polar surface area (TPSA) is 72.6 Å². The molecular weight excluding hydrogens is 372 g/mol. The second-order valence-corrected chi connectivity index (χ2v) is 8.41. The highest BCUT2D eigenvalue weighted by molar-refractivity contribution is 7.88. The van der Waals surface area contributed by atoms with Gasteiger partial charge in [-0.3, -0.25) is 0 Å². The average molecular weight is 397 g/mol. The van der Waals surface area contributed by atoms with Crippen LogP contribution in [0.15, 0.2) is 54.6 Å². The average Bonchev–Trinajstić information content (AvgIpc) is 3.07. The number of nitrogens with two attached hydrogens (primary N) is 1. The highest BCUT2D eigenvalue weighted by Crippen LogP contribution is 2.34. The molecule has 0 radical (unpaired) electrons. The van der Waals surface area contributed by atoms with Crippen molar-refractivity contribution in [3.8, 4) is 5.75 Å². The number of methoxy groups -OCH3 is 1. The van der Waals surface area contributed by atoms with Gasteiger partial charge in [0.05, 0.1) is 12.9 Å². The van der Waals surface area contributed by atoms with Crippen LogP contribution in [0.1, 0.15) is 17.0 Å². The summed E-state index contributed by atoms with van der Waals surface area (Å²) in [6.45, 7) is 1.44. The van der Waals surface area contributed by atoms with Crippen LogP contribution in [0, 0.1) is 5.92 Å². The van der Waals surface area contributed by atoms with Crippen molar-refractivity contribution in [2.24, 2.45) is 11.7 Å². The molecule has 1 heterocycles. The van der Waals surface area contributed by atoms with Gasteiger partial charge in [-0.2, -0.15) is 0 Å². The number of sulfonamides is 1. The van der Waals surface area contributed by atoms with Crippen LogP contribution in [0.25, 0.3) is 0 Å². The highest BCUT2D eigenvalue weighted by atomic mass is 35.5. The number of hydrogen-bond donors (Lipinski definition) is 1. The number of halogens is 1. The Balaban J connectivity index is 0.00000243. The fraction of sp³-hybridized carbons (Fsp3) is 0.368. The largest absolute Gasteiger partial charge is 0.497 e. The molecule has 0 bridgehead atoms. The van der Waals surface area contributed by atoms with Crippen molar-refractivity contribution in [2.75, 3.05) is 26.7 Å². The number of hydrogen-bond acceptors (Lipinski definition) is 4. The van der Waals surface area contributed by atoms with E-state index in [2.05, 4.69) is 0 Å². The van der Waals surface area contributed by atoms with Gasteiger partial charge < -0.3 is 10.5 Å². The maximum Gasteiger partial charge on any atom is 0.218 e. The Kier molecular flexibility index (Phi) is 7.06. The number of nitrogens with zero attached hydrogens (tertiary/aromatic N) is 1. The zero-order valence-electron chi connectivity index (χ0n) is 14.7. The summed E-state index contributed by atoms with van der Waals surface area (Å²) in [5.41, 5.74) is 7.80. The molecule has 2 N–H and O–H groups in total. The first-order chi connectivity index (χ1) is 12.0. The van der Waals surface area contributed by atoms with Gasteiger partial charge in [0.2, 0.25) is 10.0 Å². The van der Waals surface area contributed by atoms with Crippen molar-refractivity contribution >= 4 is 22.4 Å². The van der Waals surface area contributed by atoms with Crippen LogP contribution in [-0.4, -0.2) is 39.5 Å². The Hall–Kier alpha value is -1.60. The first kappa shape index (κ1) is 20.7. The summed E-state index contributed by atoms with van der Waals surface area (Å²) < 4.78 is 32.5. The predicted octanol–water partition coefficient (Wildman–Crippen LogP) is 2.62. The molecule has 1 aliphatic heterocycles. The predicted molar refractivity (Wildman–Crippen MR) is 106 cm³/mol. The van der Waals surface area contributed by atoms with Crippen molar-refractivity contribution in [1.29, 1.82) is 0 Å². The maximum atomic E-state index is 12.9. The molecule has 0 amide bonds. The van der Waals surface area contributed by atoms with E-state index in [1.807, 2.05) is 48.5 Å². The molecule has 0 aliphatic carbocycles. The zero-order valence-corrected chi connectivity index (χ0v) is 16.4. The Bertz CT molecular complexity index is 815. The molecule has 142 valence electrons. The lowest BCUT2D eigenvalue weighted by atomic mass is 9.89. The third-order valence-electron chi connectivity index (χ3n) is 4.81. The summed E-state index contributed by atoms with van der Waals surface area (Å²) in [7, 11) is -1.83. The molecule has 2 atom stereocenters. The van der Waals surface area contributed by atoms with E-state index in [1.54, 1.807) is 17.5 Å². The van der Waals surface area contributed by atoms with E-state index in [9.17, 15) is 8.42 Å². The first-order valence-corrected chi connectivity index (χ1v) is 10.00. The molecule has 1 saturated heterocycles.